The molecule has 0 heterocycles. The predicted molar refractivity (Wildman–Crippen MR) is 93.5 cm³/mol. The van der Waals surface area contributed by atoms with Gasteiger partial charge in [0.1, 0.15) is 5.75 Å². The molecule has 2 rings (SSSR count). The maximum atomic E-state index is 5.92. The van der Waals surface area contributed by atoms with Gasteiger partial charge in [-0.2, -0.15) is 0 Å². The zero-order chi connectivity index (χ0) is 15.8. The minimum absolute atomic E-state index is 0.715. The van der Waals surface area contributed by atoms with Crippen LogP contribution in [-0.2, 0) is 0 Å². The molecule has 0 aliphatic heterocycles. The standard InChI is InChI=1S/C20H22O2/c1-4-6-8-16-9-12-18(13-10-16)22-19-14-11-17(7-5-2)15-20(19)21-3/h5-15H,4H2,1-3H3/b7-5+,8-6+. The molecule has 0 atom stereocenters. The first-order valence-corrected chi connectivity index (χ1v) is 7.52. The van der Waals surface area contributed by atoms with Crippen molar-refractivity contribution < 1.29 is 9.47 Å². The van der Waals surface area contributed by atoms with Crippen molar-refractivity contribution in [2.45, 2.75) is 20.3 Å². The van der Waals surface area contributed by atoms with E-state index in [1.807, 2.05) is 61.5 Å². The van der Waals surface area contributed by atoms with E-state index in [0.29, 0.717) is 5.75 Å². The van der Waals surface area contributed by atoms with E-state index in [4.69, 9.17) is 9.47 Å². The first-order valence-electron chi connectivity index (χ1n) is 7.52. The fraction of sp³-hybridized carbons (Fsp3) is 0.200. The van der Waals surface area contributed by atoms with Crippen molar-refractivity contribution in [1.82, 2.24) is 0 Å². The van der Waals surface area contributed by atoms with Gasteiger partial charge in [-0.05, 0) is 48.7 Å². The topological polar surface area (TPSA) is 18.5 Å². The van der Waals surface area contributed by atoms with Gasteiger partial charge in [-0.25, -0.2) is 0 Å². The van der Waals surface area contributed by atoms with Crippen LogP contribution in [0.3, 0.4) is 0 Å². The molecule has 22 heavy (non-hydrogen) atoms. The molecule has 0 amide bonds. The van der Waals surface area contributed by atoms with Crippen molar-refractivity contribution in [3.05, 3.63) is 65.7 Å². The monoisotopic (exact) mass is 294 g/mol. The molecule has 0 saturated heterocycles. The summed E-state index contributed by atoms with van der Waals surface area (Å²) in [6, 6.07) is 13.9. The zero-order valence-electron chi connectivity index (χ0n) is 13.4. The third-order valence-electron chi connectivity index (χ3n) is 3.20. The molecular formula is C20H22O2. The lowest BCUT2D eigenvalue weighted by molar-refractivity contribution is 0.379. The summed E-state index contributed by atoms with van der Waals surface area (Å²) in [6.45, 7) is 4.11. The lowest BCUT2D eigenvalue weighted by Crippen LogP contribution is -1.91. The molecule has 2 aromatic rings. The van der Waals surface area contributed by atoms with Gasteiger partial charge in [-0.3, -0.25) is 0 Å². The Hall–Kier alpha value is -2.48. The number of hydrogen-bond donors (Lipinski definition) is 0. The van der Waals surface area contributed by atoms with Crippen molar-refractivity contribution >= 4 is 12.2 Å². The van der Waals surface area contributed by atoms with Crippen LogP contribution in [0.1, 0.15) is 31.4 Å². The molecule has 0 saturated carbocycles. The van der Waals surface area contributed by atoms with Crippen LogP contribution in [-0.4, -0.2) is 7.11 Å². The molecule has 0 aliphatic carbocycles. The molecule has 0 aliphatic rings. The Morgan fingerprint density at radius 2 is 1.64 bits per heavy atom. The normalized spacial score (nSPS) is 11.2. The smallest absolute Gasteiger partial charge is 0.169 e. The fourth-order valence-electron chi connectivity index (χ4n) is 2.09. The molecule has 2 heteroatoms. The van der Waals surface area contributed by atoms with E-state index in [0.717, 1.165) is 23.5 Å². The van der Waals surface area contributed by atoms with E-state index < -0.39 is 0 Å². The zero-order valence-corrected chi connectivity index (χ0v) is 13.4. The van der Waals surface area contributed by atoms with Crippen LogP contribution < -0.4 is 9.47 Å². The fourth-order valence-corrected chi connectivity index (χ4v) is 2.09. The molecule has 114 valence electrons. The lowest BCUT2D eigenvalue weighted by atomic mass is 10.2. The Balaban J connectivity index is 2.17. The maximum Gasteiger partial charge on any atom is 0.169 e. The van der Waals surface area contributed by atoms with E-state index >= 15 is 0 Å². The van der Waals surface area contributed by atoms with Gasteiger partial charge < -0.3 is 9.47 Å². The van der Waals surface area contributed by atoms with Crippen molar-refractivity contribution in [2.75, 3.05) is 7.11 Å². The van der Waals surface area contributed by atoms with E-state index in [1.54, 1.807) is 7.11 Å². The highest BCUT2D eigenvalue weighted by molar-refractivity contribution is 5.56. The average molecular weight is 294 g/mol. The summed E-state index contributed by atoms with van der Waals surface area (Å²) in [5.74, 6) is 2.24. The van der Waals surface area contributed by atoms with E-state index in [-0.39, 0.29) is 0 Å². The Labute approximate surface area is 132 Å². The highest BCUT2D eigenvalue weighted by Gasteiger charge is 2.06. The summed E-state index contributed by atoms with van der Waals surface area (Å²) in [5.41, 5.74) is 2.26. The first kappa shape index (κ1) is 15.9. The van der Waals surface area contributed by atoms with Gasteiger partial charge in [0.05, 0.1) is 7.11 Å². The summed E-state index contributed by atoms with van der Waals surface area (Å²) < 4.78 is 11.3. The first-order chi connectivity index (χ1) is 10.8. The molecule has 0 spiro atoms. The highest BCUT2D eigenvalue weighted by Crippen LogP contribution is 2.32. The Bertz CT molecular complexity index is 652. The average Bonchev–Trinajstić information content (AvgIpc) is 2.56. The number of methoxy groups -OCH3 is 1. The number of benzene rings is 2. The third-order valence-corrected chi connectivity index (χ3v) is 3.20. The molecule has 0 fully saturated rings. The van der Waals surface area contributed by atoms with Gasteiger partial charge in [0, 0.05) is 0 Å². The molecule has 0 aromatic heterocycles. The van der Waals surface area contributed by atoms with Gasteiger partial charge in [0.2, 0.25) is 0 Å². The van der Waals surface area contributed by atoms with Crippen LogP contribution in [0.5, 0.6) is 17.2 Å². The Kier molecular flexibility index (Phi) is 5.84. The number of ether oxygens (including phenoxy) is 2. The van der Waals surface area contributed by atoms with Crippen LogP contribution in [0.2, 0.25) is 0 Å². The highest BCUT2D eigenvalue weighted by atomic mass is 16.5. The van der Waals surface area contributed by atoms with Crippen LogP contribution in [0.4, 0.5) is 0 Å². The molecule has 0 bridgehead atoms. The van der Waals surface area contributed by atoms with E-state index in [9.17, 15) is 0 Å². The van der Waals surface area contributed by atoms with Gasteiger partial charge >= 0.3 is 0 Å². The predicted octanol–water partition coefficient (Wildman–Crippen LogP) is 5.94. The Morgan fingerprint density at radius 1 is 0.909 bits per heavy atom. The molecule has 0 N–H and O–H groups in total. The summed E-state index contributed by atoms with van der Waals surface area (Å²) in [4.78, 5) is 0. The van der Waals surface area contributed by atoms with Crippen molar-refractivity contribution in [3.8, 4) is 17.2 Å². The summed E-state index contributed by atoms with van der Waals surface area (Å²) in [7, 11) is 1.65. The van der Waals surface area contributed by atoms with Gasteiger partial charge in [-0.1, -0.05) is 49.4 Å². The van der Waals surface area contributed by atoms with E-state index in [2.05, 4.69) is 19.1 Å². The van der Waals surface area contributed by atoms with Crippen molar-refractivity contribution in [2.24, 2.45) is 0 Å². The molecule has 2 aromatic carbocycles. The summed E-state index contributed by atoms with van der Waals surface area (Å²) >= 11 is 0. The van der Waals surface area contributed by atoms with Crippen LogP contribution in [0.15, 0.2) is 54.6 Å². The molecular weight excluding hydrogens is 272 g/mol. The lowest BCUT2D eigenvalue weighted by Gasteiger charge is -2.11. The second-order valence-corrected chi connectivity index (χ2v) is 4.89. The van der Waals surface area contributed by atoms with Crippen molar-refractivity contribution in [3.63, 3.8) is 0 Å². The summed E-state index contributed by atoms with van der Waals surface area (Å²) in [6.07, 6.45) is 9.31. The molecule has 2 nitrogen and oxygen atoms in total. The number of allylic oxidation sites excluding steroid dienone is 2. The second kappa shape index (κ2) is 8.08. The molecule has 0 unspecified atom stereocenters. The van der Waals surface area contributed by atoms with Gasteiger partial charge in [0.15, 0.2) is 11.5 Å². The van der Waals surface area contributed by atoms with Gasteiger partial charge in [0.25, 0.3) is 0 Å². The number of rotatable bonds is 6. The number of hydrogen-bond acceptors (Lipinski definition) is 2. The minimum Gasteiger partial charge on any atom is -0.493 e. The second-order valence-electron chi connectivity index (χ2n) is 4.89. The molecule has 0 radical (unpaired) electrons. The third kappa shape index (κ3) is 4.26. The van der Waals surface area contributed by atoms with Crippen LogP contribution in [0, 0.1) is 0 Å². The van der Waals surface area contributed by atoms with Crippen molar-refractivity contribution in [1.29, 1.82) is 0 Å². The van der Waals surface area contributed by atoms with Crippen LogP contribution in [0.25, 0.3) is 12.2 Å². The maximum absolute atomic E-state index is 5.92. The largest absolute Gasteiger partial charge is 0.493 e. The minimum atomic E-state index is 0.715. The van der Waals surface area contributed by atoms with E-state index in [1.165, 1.54) is 5.56 Å². The van der Waals surface area contributed by atoms with Gasteiger partial charge in [-0.15, -0.1) is 0 Å². The Morgan fingerprint density at radius 3 is 2.27 bits per heavy atom. The quantitative estimate of drug-likeness (QED) is 0.656. The summed E-state index contributed by atoms with van der Waals surface area (Å²) in [5, 5.41) is 0. The van der Waals surface area contributed by atoms with Crippen LogP contribution >= 0.6 is 0 Å². The SMILES string of the molecule is C/C=C/c1ccc(Oc2ccc(/C=C/CC)cc2)c(OC)c1.